The van der Waals surface area contributed by atoms with Crippen LogP contribution in [0.5, 0.6) is 0 Å². The molecular formula is C14H28N2S. The van der Waals surface area contributed by atoms with Gasteiger partial charge >= 0.3 is 0 Å². The lowest BCUT2D eigenvalue weighted by Gasteiger charge is -2.26. The second-order valence-electron chi connectivity index (χ2n) is 5.97. The Morgan fingerprint density at radius 2 is 2.18 bits per heavy atom. The minimum atomic E-state index is 0.637. The lowest BCUT2D eigenvalue weighted by atomic mass is 10.1. The highest BCUT2D eigenvalue weighted by Crippen LogP contribution is 2.27. The largest absolute Gasteiger partial charge is 0.314 e. The van der Waals surface area contributed by atoms with Crippen LogP contribution in [-0.4, -0.2) is 48.1 Å². The lowest BCUT2D eigenvalue weighted by molar-refractivity contribution is 0.314. The van der Waals surface area contributed by atoms with Crippen LogP contribution >= 0.6 is 11.8 Å². The Bertz CT molecular complexity index is 214. The zero-order valence-electron chi connectivity index (χ0n) is 11.5. The van der Waals surface area contributed by atoms with E-state index >= 15 is 0 Å². The van der Waals surface area contributed by atoms with Crippen LogP contribution in [0.25, 0.3) is 0 Å². The number of hydrogen-bond acceptors (Lipinski definition) is 3. The van der Waals surface area contributed by atoms with E-state index in [4.69, 9.17) is 0 Å². The highest BCUT2D eigenvalue weighted by Gasteiger charge is 2.25. The Labute approximate surface area is 111 Å². The fourth-order valence-electron chi connectivity index (χ4n) is 2.89. The Morgan fingerprint density at radius 3 is 2.88 bits per heavy atom. The van der Waals surface area contributed by atoms with Gasteiger partial charge in [0.05, 0.1) is 0 Å². The molecule has 0 aromatic rings. The summed E-state index contributed by atoms with van der Waals surface area (Å²) in [6, 6.07) is 0.637. The first-order chi connectivity index (χ1) is 8.24. The Hall–Kier alpha value is 0.270. The molecule has 3 heteroatoms. The van der Waals surface area contributed by atoms with Gasteiger partial charge in [-0.05, 0) is 44.0 Å². The average Bonchev–Trinajstić information content (AvgIpc) is 2.75. The molecule has 2 aliphatic heterocycles. The predicted molar refractivity (Wildman–Crippen MR) is 77.8 cm³/mol. The van der Waals surface area contributed by atoms with Crippen molar-refractivity contribution in [2.24, 2.45) is 5.92 Å². The second kappa shape index (κ2) is 7.01. The molecule has 0 aromatic carbocycles. The van der Waals surface area contributed by atoms with Crippen LogP contribution in [0, 0.1) is 5.92 Å². The van der Waals surface area contributed by atoms with E-state index in [0.717, 1.165) is 11.2 Å². The zero-order chi connectivity index (χ0) is 12.1. The van der Waals surface area contributed by atoms with Crippen LogP contribution in [0.3, 0.4) is 0 Å². The standard InChI is InChI=1S/C14H28N2S/c1-12(2)15-9-13-6-7-16(10-13)11-14-5-3-4-8-17-14/h12-15H,3-11H2,1-2H3. The van der Waals surface area contributed by atoms with Crippen molar-refractivity contribution in [3.63, 3.8) is 0 Å². The third-order valence-corrected chi connectivity index (χ3v) is 5.30. The summed E-state index contributed by atoms with van der Waals surface area (Å²) in [6.07, 6.45) is 5.76. The molecule has 1 N–H and O–H groups in total. The maximum Gasteiger partial charge on any atom is 0.0175 e. The van der Waals surface area contributed by atoms with E-state index in [1.807, 2.05) is 0 Å². The summed E-state index contributed by atoms with van der Waals surface area (Å²) in [5.41, 5.74) is 0. The summed E-state index contributed by atoms with van der Waals surface area (Å²) in [5.74, 6) is 2.29. The van der Waals surface area contributed by atoms with E-state index in [0.29, 0.717) is 6.04 Å². The summed E-state index contributed by atoms with van der Waals surface area (Å²) in [4.78, 5) is 2.70. The smallest absolute Gasteiger partial charge is 0.0175 e. The van der Waals surface area contributed by atoms with Gasteiger partial charge in [-0.25, -0.2) is 0 Å². The number of likely N-dealkylation sites (tertiary alicyclic amines) is 1. The van der Waals surface area contributed by atoms with Crippen LogP contribution in [0.15, 0.2) is 0 Å². The van der Waals surface area contributed by atoms with E-state index in [1.165, 1.54) is 57.6 Å². The molecule has 2 saturated heterocycles. The van der Waals surface area contributed by atoms with Crippen LogP contribution in [0.4, 0.5) is 0 Å². The molecule has 2 atom stereocenters. The van der Waals surface area contributed by atoms with Gasteiger partial charge in [0.15, 0.2) is 0 Å². The van der Waals surface area contributed by atoms with Crippen molar-refractivity contribution >= 4 is 11.8 Å². The molecule has 0 bridgehead atoms. The van der Waals surface area contributed by atoms with E-state index in [1.54, 1.807) is 0 Å². The molecule has 100 valence electrons. The van der Waals surface area contributed by atoms with E-state index in [2.05, 4.69) is 35.8 Å². The molecule has 17 heavy (non-hydrogen) atoms. The third-order valence-electron chi connectivity index (χ3n) is 3.92. The molecule has 0 saturated carbocycles. The number of hydrogen-bond donors (Lipinski definition) is 1. The van der Waals surface area contributed by atoms with Gasteiger partial charge < -0.3 is 10.2 Å². The second-order valence-corrected chi connectivity index (χ2v) is 7.37. The molecule has 2 aliphatic rings. The van der Waals surface area contributed by atoms with Gasteiger partial charge in [0.25, 0.3) is 0 Å². The molecule has 2 heterocycles. The Balaban J connectivity index is 1.63. The zero-order valence-corrected chi connectivity index (χ0v) is 12.3. The van der Waals surface area contributed by atoms with Crippen molar-refractivity contribution in [2.45, 2.75) is 50.8 Å². The first-order valence-corrected chi connectivity index (χ1v) is 8.36. The van der Waals surface area contributed by atoms with Gasteiger partial charge in [0.1, 0.15) is 0 Å². The van der Waals surface area contributed by atoms with Crippen LogP contribution in [-0.2, 0) is 0 Å². The topological polar surface area (TPSA) is 15.3 Å². The molecular weight excluding hydrogens is 228 g/mol. The van der Waals surface area contributed by atoms with Crippen molar-refractivity contribution in [1.82, 2.24) is 10.2 Å². The first-order valence-electron chi connectivity index (χ1n) is 7.31. The SMILES string of the molecule is CC(C)NCC1CCN(CC2CCCCS2)C1. The van der Waals surface area contributed by atoms with E-state index in [-0.39, 0.29) is 0 Å². The van der Waals surface area contributed by atoms with Gasteiger partial charge in [0, 0.05) is 24.4 Å². The summed E-state index contributed by atoms with van der Waals surface area (Å²) in [6.45, 7) is 9.71. The molecule has 2 unspecified atom stereocenters. The molecule has 0 aliphatic carbocycles. The average molecular weight is 256 g/mol. The molecule has 0 aromatic heterocycles. The van der Waals surface area contributed by atoms with Crippen molar-refractivity contribution < 1.29 is 0 Å². The maximum absolute atomic E-state index is 3.58. The van der Waals surface area contributed by atoms with Crippen molar-refractivity contribution in [3.8, 4) is 0 Å². The Kier molecular flexibility index (Phi) is 5.64. The monoisotopic (exact) mass is 256 g/mol. The van der Waals surface area contributed by atoms with Crippen LogP contribution < -0.4 is 5.32 Å². The normalized spacial score (nSPS) is 31.2. The first kappa shape index (κ1) is 13.7. The fourth-order valence-corrected chi connectivity index (χ4v) is 4.24. The van der Waals surface area contributed by atoms with Gasteiger partial charge in [0.2, 0.25) is 0 Å². The highest BCUT2D eigenvalue weighted by molar-refractivity contribution is 7.99. The summed E-state index contributed by atoms with van der Waals surface area (Å²) >= 11 is 2.21. The minimum Gasteiger partial charge on any atom is -0.314 e. The molecule has 2 fully saturated rings. The minimum absolute atomic E-state index is 0.637. The lowest BCUT2D eigenvalue weighted by Crippen LogP contribution is -2.33. The molecule has 2 rings (SSSR count). The molecule has 0 spiro atoms. The van der Waals surface area contributed by atoms with Crippen LogP contribution in [0.1, 0.15) is 39.5 Å². The summed E-state index contributed by atoms with van der Waals surface area (Å²) in [7, 11) is 0. The summed E-state index contributed by atoms with van der Waals surface area (Å²) < 4.78 is 0. The number of thioether (sulfide) groups is 1. The number of nitrogens with one attached hydrogen (secondary N) is 1. The Morgan fingerprint density at radius 1 is 1.29 bits per heavy atom. The van der Waals surface area contributed by atoms with Crippen LogP contribution in [0.2, 0.25) is 0 Å². The van der Waals surface area contributed by atoms with E-state index in [9.17, 15) is 0 Å². The van der Waals surface area contributed by atoms with Crippen molar-refractivity contribution in [1.29, 1.82) is 0 Å². The summed E-state index contributed by atoms with van der Waals surface area (Å²) in [5, 5.41) is 4.51. The molecule has 0 radical (unpaired) electrons. The molecule has 2 nitrogen and oxygen atoms in total. The molecule has 0 amide bonds. The van der Waals surface area contributed by atoms with Gasteiger partial charge in [-0.3, -0.25) is 0 Å². The van der Waals surface area contributed by atoms with E-state index < -0.39 is 0 Å². The quantitative estimate of drug-likeness (QED) is 0.814. The number of nitrogens with zero attached hydrogens (tertiary/aromatic N) is 1. The fraction of sp³-hybridized carbons (Fsp3) is 1.00. The van der Waals surface area contributed by atoms with Crippen molar-refractivity contribution in [3.05, 3.63) is 0 Å². The van der Waals surface area contributed by atoms with Gasteiger partial charge in [-0.2, -0.15) is 11.8 Å². The van der Waals surface area contributed by atoms with Gasteiger partial charge in [-0.1, -0.05) is 20.3 Å². The predicted octanol–water partition coefficient (Wildman–Crippen LogP) is 2.59. The third kappa shape index (κ3) is 4.80. The maximum atomic E-state index is 3.58. The van der Waals surface area contributed by atoms with Gasteiger partial charge in [-0.15, -0.1) is 0 Å². The highest BCUT2D eigenvalue weighted by atomic mass is 32.2. The van der Waals surface area contributed by atoms with Crippen molar-refractivity contribution in [2.75, 3.05) is 31.9 Å². The number of rotatable bonds is 5.